The second-order valence-electron chi connectivity index (χ2n) is 2.67. The second-order valence-corrected chi connectivity index (χ2v) is 2.67. The molecule has 6 heteroatoms. The van der Waals surface area contributed by atoms with Gasteiger partial charge in [0.25, 0.3) is 0 Å². The number of amides is 1. The Hall–Kier alpha value is -1.43. The standard InChI is InChI=1S/C7H13N5O/c1-8-4-7(13)9-3-6-11-10-5-12(6)2/h5,8H,3-4H2,1-2H3,(H,9,13). The zero-order valence-electron chi connectivity index (χ0n) is 7.74. The summed E-state index contributed by atoms with van der Waals surface area (Å²) in [5.74, 6) is 0.690. The molecule has 0 aliphatic rings. The molecular formula is C7H13N5O. The van der Waals surface area contributed by atoms with E-state index in [4.69, 9.17) is 0 Å². The topological polar surface area (TPSA) is 71.8 Å². The molecule has 0 unspecified atom stereocenters. The Morgan fingerprint density at radius 1 is 1.69 bits per heavy atom. The average molecular weight is 183 g/mol. The minimum absolute atomic E-state index is 0.0505. The van der Waals surface area contributed by atoms with Crippen LogP contribution in [0, 0.1) is 0 Å². The van der Waals surface area contributed by atoms with E-state index in [2.05, 4.69) is 20.8 Å². The molecule has 0 aliphatic carbocycles. The zero-order chi connectivity index (χ0) is 9.68. The summed E-state index contributed by atoms with van der Waals surface area (Å²) in [4.78, 5) is 11.0. The van der Waals surface area contributed by atoms with Gasteiger partial charge in [0.2, 0.25) is 5.91 Å². The first kappa shape index (κ1) is 9.66. The summed E-state index contributed by atoms with van der Waals surface area (Å²) in [6.07, 6.45) is 1.60. The molecular weight excluding hydrogens is 170 g/mol. The molecule has 0 aliphatic heterocycles. The van der Waals surface area contributed by atoms with Gasteiger partial charge in [-0.3, -0.25) is 4.79 Å². The van der Waals surface area contributed by atoms with Crippen molar-refractivity contribution < 1.29 is 4.79 Å². The number of aryl methyl sites for hydroxylation is 1. The molecule has 0 bridgehead atoms. The van der Waals surface area contributed by atoms with E-state index in [0.717, 1.165) is 5.82 Å². The van der Waals surface area contributed by atoms with Gasteiger partial charge in [0.05, 0.1) is 13.1 Å². The summed E-state index contributed by atoms with van der Waals surface area (Å²) < 4.78 is 1.76. The maximum Gasteiger partial charge on any atom is 0.234 e. The van der Waals surface area contributed by atoms with E-state index in [-0.39, 0.29) is 5.91 Å². The van der Waals surface area contributed by atoms with E-state index >= 15 is 0 Å². The third-order valence-corrected chi connectivity index (χ3v) is 1.59. The minimum atomic E-state index is -0.0505. The molecule has 0 aromatic carbocycles. The second kappa shape index (κ2) is 4.56. The lowest BCUT2D eigenvalue weighted by atomic mass is 10.5. The maximum absolute atomic E-state index is 11.0. The normalized spacial score (nSPS) is 10.0. The number of carbonyl (C=O) groups excluding carboxylic acids is 1. The van der Waals surface area contributed by atoms with Gasteiger partial charge in [0.15, 0.2) is 5.82 Å². The van der Waals surface area contributed by atoms with Gasteiger partial charge < -0.3 is 15.2 Å². The minimum Gasteiger partial charge on any atom is -0.348 e. The fourth-order valence-corrected chi connectivity index (χ4v) is 0.868. The molecule has 1 aromatic rings. The predicted octanol–water partition coefficient (Wildman–Crippen LogP) is -1.35. The van der Waals surface area contributed by atoms with Gasteiger partial charge >= 0.3 is 0 Å². The number of likely N-dealkylation sites (N-methyl/N-ethyl adjacent to an activating group) is 1. The van der Waals surface area contributed by atoms with Crippen molar-refractivity contribution in [2.75, 3.05) is 13.6 Å². The Labute approximate surface area is 76.3 Å². The molecule has 0 saturated carbocycles. The first-order chi connectivity index (χ1) is 6.24. The Kier molecular flexibility index (Phi) is 3.39. The van der Waals surface area contributed by atoms with Crippen LogP contribution >= 0.6 is 0 Å². The maximum atomic E-state index is 11.0. The molecule has 1 rings (SSSR count). The summed E-state index contributed by atoms with van der Waals surface area (Å²) in [5, 5.41) is 13.0. The first-order valence-electron chi connectivity index (χ1n) is 3.98. The van der Waals surface area contributed by atoms with Crippen molar-refractivity contribution >= 4 is 5.91 Å². The molecule has 6 nitrogen and oxygen atoms in total. The van der Waals surface area contributed by atoms with Crippen LogP contribution in [0.5, 0.6) is 0 Å². The Bertz CT molecular complexity index is 282. The Morgan fingerprint density at radius 2 is 2.46 bits per heavy atom. The molecule has 2 N–H and O–H groups in total. The highest BCUT2D eigenvalue weighted by molar-refractivity contribution is 5.77. The number of aromatic nitrogens is 3. The van der Waals surface area contributed by atoms with Crippen molar-refractivity contribution in [1.82, 2.24) is 25.4 Å². The summed E-state index contributed by atoms with van der Waals surface area (Å²) in [5.41, 5.74) is 0. The van der Waals surface area contributed by atoms with E-state index in [9.17, 15) is 4.79 Å². The summed E-state index contributed by atoms with van der Waals surface area (Å²) in [6.45, 7) is 0.731. The van der Waals surface area contributed by atoms with Crippen LogP contribution in [0.25, 0.3) is 0 Å². The van der Waals surface area contributed by atoms with Crippen molar-refractivity contribution in [3.8, 4) is 0 Å². The monoisotopic (exact) mass is 183 g/mol. The van der Waals surface area contributed by atoms with Crippen molar-refractivity contribution in [3.63, 3.8) is 0 Å². The Morgan fingerprint density at radius 3 is 3.00 bits per heavy atom. The van der Waals surface area contributed by atoms with Gasteiger partial charge in [-0.15, -0.1) is 10.2 Å². The predicted molar refractivity (Wildman–Crippen MR) is 46.8 cm³/mol. The van der Waals surface area contributed by atoms with Gasteiger partial charge in [0, 0.05) is 7.05 Å². The van der Waals surface area contributed by atoms with Crippen LogP contribution in [0.1, 0.15) is 5.82 Å². The highest BCUT2D eigenvalue weighted by atomic mass is 16.1. The van der Waals surface area contributed by atoms with E-state index in [0.29, 0.717) is 13.1 Å². The first-order valence-corrected chi connectivity index (χ1v) is 3.98. The summed E-state index contributed by atoms with van der Waals surface area (Å²) in [6, 6.07) is 0. The lowest BCUT2D eigenvalue weighted by molar-refractivity contribution is -0.120. The fraction of sp³-hybridized carbons (Fsp3) is 0.571. The van der Waals surface area contributed by atoms with E-state index in [1.54, 1.807) is 17.9 Å². The number of hydrogen-bond acceptors (Lipinski definition) is 4. The van der Waals surface area contributed by atoms with Crippen LogP contribution in [-0.4, -0.2) is 34.3 Å². The quantitative estimate of drug-likeness (QED) is 0.605. The van der Waals surface area contributed by atoms with Crippen molar-refractivity contribution in [3.05, 3.63) is 12.2 Å². The van der Waals surface area contributed by atoms with Crippen LogP contribution in [0.4, 0.5) is 0 Å². The fourth-order valence-electron chi connectivity index (χ4n) is 0.868. The molecule has 13 heavy (non-hydrogen) atoms. The molecule has 1 amide bonds. The molecule has 1 aromatic heterocycles. The number of hydrogen-bond donors (Lipinski definition) is 2. The van der Waals surface area contributed by atoms with Crippen LogP contribution in [-0.2, 0) is 18.4 Å². The Balaban J connectivity index is 2.35. The number of nitrogens with zero attached hydrogens (tertiary/aromatic N) is 3. The van der Waals surface area contributed by atoms with Crippen LogP contribution < -0.4 is 10.6 Å². The van der Waals surface area contributed by atoms with Crippen molar-refractivity contribution in [1.29, 1.82) is 0 Å². The van der Waals surface area contributed by atoms with E-state index in [1.165, 1.54) is 0 Å². The molecule has 0 saturated heterocycles. The SMILES string of the molecule is CNCC(=O)NCc1nncn1C. The molecule has 0 radical (unpaired) electrons. The molecule has 1 heterocycles. The van der Waals surface area contributed by atoms with E-state index < -0.39 is 0 Å². The molecule has 0 atom stereocenters. The van der Waals surface area contributed by atoms with Crippen LogP contribution in [0.15, 0.2) is 6.33 Å². The van der Waals surface area contributed by atoms with Gasteiger partial charge in [0.1, 0.15) is 6.33 Å². The molecule has 0 spiro atoms. The number of nitrogens with one attached hydrogen (secondary N) is 2. The highest BCUT2D eigenvalue weighted by Gasteiger charge is 2.02. The largest absolute Gasteiger partial charge is 0.348 e. The number of rotatable bonds is 4. The van der Waals surface area contributed by atoms with Crippen LogP contribution in [0.2, 0.25) is 0 Å². The molecule has 72 valence electrons. The van der Waals surface area contributed by atoms with Crippen molar-refractivity contribution in [2.45, 2.75) is 6.54 Å². The van der Waals surface area contributed by atoms with Gasteiger partial charge in [-0.05, 0) is 7.05 Å². The third-order valence-electron chi connectivity index (χ3n) is 1.59. The lowest BCUT2D eigenvalue weighted by Gasteiger charge is -2.03. The van der Waals surface area contributed by atoms with Gasteiger partial charge in [-0.2, -0.15) is 0 Å². The van der Waals surface area contributed by atoms with Crippen LogP contribution in [0.3, 0.4) is 0 Å². The zero-order valence-corrected chi connectivity index (χ0v) is 7.74. The third kappa shape index (κ3) is 2.83. The summed E-state index contributed by atoms with van der Waals surface area (Å²) in [7, 11) is 3.56. The highest BCUT2D eigenvalue weighted by Crippen LogP contribution is 1.88. The molecule has 0 fully saturated rings. The number of carbonyl (C=O) groups is 1. The smallest absolute Gasteiger partial charge is 0.234 e. The lowest BCUT2D eigenvalue weighted by Crippen LogP contribution is -2.32. The summed E-state index contributed by atoms with van der Waals surface area (Å²) >= 11 is 0. The van der Waals surface area contributed by atoms with E-state index in [1.807, 2.05) is 7.05 Å². The average Bonchev–Trinajstić information content (AvgIpc) is 2.48. The van der Waals surface area contributed by atoms with Crippen molar-refractivity contribution in [2.24, 2.45) is 7.05 Å². The van der Waals surface area contributed by atoms with Gasteiger partial charge in [-0.25, -0.2) is 0 Å². The van der Waals surface area contributed by atoms with Gasteiger partial charge in [-0.1, -0.05) is 0 Å².